The van der Waals surface area contributed by atoms with Gasteiger partial charge in [-0.3, -0.25) is 0 Å². The molecule has 0 radical (unpaired) electrons. The van der Waals surface area contributed by atoms with Gasteiger partial charge in [0.25, 0.3) is 0 Å². The quantitative estimate of drug-likeness (QED) is 0.578. The van der Waals surface area contributed by atoms with Crippen LogP contribution in [0.25, 0.3) is 11.3 Å². The van der Waals surface area contributed by atoms with Crippen molar-refractivity contribution in [2.75, 3.05) is 24.3 Å². The molecule has 0 aliphatic heterocycles. The van der Waals surface area contributed by atoms with E-state index in [0.717, 1.165) is 29.2 Å². The van der Waals surface area contributed by atoms with Crippen LogP contribution in [0.15, 0.2) is 42.7 Å². The molecule has 2 aromatic heterocycles. The van der Waals surface area contributed by atoms with Gasteiger partial charge in [0.05, 0.1) is 25.2 Å². The third-order valence-electron chi connectivity index (χ3n) is 5.47. The molecule has 4 rings (SSSR count). The van der Waals surface area contributed by atoms with Crippen molar-refractivity contribution in [2.24, 2.45) is 5.92 Å². The zero-order chi connectivity index (χ0) is 21.5. The smallest absolute Gasteiger partial charge is 0.158 e. The molecule has 1 aliphatic rings. The predicted octanol–water partition coefficient (Wildman–Crippen LogP) is 4.55. The van der Waals surface area contributed by atoms with Gasteiger partial charge in [0.15, 0.2) is 11.5 Å². The topological polar surface area (TPSA) is 109 Å². The molecule has 1 fully saturated rings. The van der Waals surface area contributed by atoms with Gasteiger partial charge in [0, 0.05) is 18.2 Å². The molecule has 1 aromatic carbocycles. The van der Waals surface area contributed by atoms with Crippen LogP contribution in [0.3, 0.4) is 0 Å². The largest absolute Gasteiger partial charge is 0.497 e. The Bertz CT molecular complexity index is 1060. The van der Waals surface area contributed by atoms with Crippen molar-refractivity contribution in [3.05, 3.63) is 48.4 Å². The summed E-state index contributed by atoms with van der Waals surface area (Å²) in [5, 5.41) is 24.4. The number of benzene rings is 1. The fraction of sp³-hybridized carbons (Fsp3) is 0.348. The first-order valence-electron chi connectivity index (χ1n) is 10.5. The molecule has 31 heavy (non-hydrogen) atoms. The fourth-order valence-corrected chi connectivity index (χ4v) is 3.80. The molecule has 2 heterocycles. The number of nitrogens with zero attached hydrogens (tertiary/aromatic N) is 5. The van der Waals surface area contributed by atoms with Crippen LogP contribution in [0.4, 0.5) is 17.3 Å². The third kappa shape index (κ3) is 5.25. The maximum atomic E-state index is 8.88. The highest BCUT2D eigenvalue weighted by molar-refractivity contribution is 5.77. The monoisotopic (exact) mass is 415 g/mol. The van der Waals surface area contributed by atoms with Crippen molar-refractivity contribution in [1.82, 2.24) is 20.2 Å². The van der Waals surface area contributed by atoms with Crippen molar-refractivity contribution < 1.29 is 4.74 Å². The summed E-state index contributed by atoms with van der Waals surface area (Å²) in [6.45, 7) is 0.902. The highest BCUT2D eigenvalue weighted by Crippen LogP contribution is 2.31. The Morgan fingerprint density at radius 3 is 2.68 bits per heavy atom. The summed E-state index contributed by atoms with van der Waals surface area (Å²) >= 11 is 0. The number of nitriles is 1. The zero-order valence-corrected chi connectivity index (χ0v) is 17.5. The average Bonchev–Trinajstić information content (AvgIpc) is 2.84. The first kappa shape index (κ1) is 20.5. The highest BCUT2D eigenvalue weighted by Gasteiger charge is 2.16. The molecule has 0 atom stereocenters. The molecule has 0 saturated heterocycles. The lowest BCUT2D eigenvalue weighted by molar-refractivity contribution is 0.373. The standard InChI is InChI=1S/C23H25N7O/c1-31-19-9-5-8-17(10-19)23-20(26-13-16-6-3-2-4-7-16)11-21(29-30-23)28-22-15-25-18(12-24)14-27-22/h5,8-11,14-16H,2-4,6-7,13H2,1H3,(H2,26,27,28,29). The summed E-state index contributed by atoms with van der Waals surface area (Å²) < 4.78 is 5.37. The van der Waals surface area contributed by atoms with E-state index in [-0.39, 0.29) is 5.69 Å². The number of hydrogen-bond acceptors (Lipinski definition) is 8. The molecular formula is C23H25N7O. The Morgan fingerprint density at radius 2 is 1.94 bits per heavy atom. The highest BCUT2D eigenvalue weighted by atomic mass is 16.5. The Balaban J connectivity index is 1.60. The number of rotatable bonds is 7. The molecule has 1 aliphatic carbocycles. The Morgan fingerprint density at radius 1 is 1.06 bits per heavy atom. The molecule has 3 aromatic rings. The van der Waals surface area contributed by atoms with E-state index in [1.54, 1.807) is 7.11 Å². The van der Waals surface area contributed by atoms with Gasteiger partial charge in [-0.2, -0.15) is 5.26 Å². The molecule has 0 amide bonds. The average molecular weight is 416 g/mol. The summed E-state index contributed by atoms with van der Waals surface area (Å²) in [6, 6.07) is 11.7. The van der Waals surface area contributed by atoms with Gasteiger partial charge >= 0.3 is 0 Å². The first-order chi connectivity index (χ1) is 15.2. The van der Waals surface area contributed by atoms with Crippen molar-refractivity contribution in [3.63, 3.8) is 0 Å². The van der Waals surface area contributed by atoms with Gasteiger partial charge in [0.1, 0.15) is 23.3 Å². The van der Waals surface area contributed by atoms with E-state index in [9.17, 15) is 0 Å². The van der Waals surface area contributed by atoms with Gasteiger partial charge < -0.3 is 15.4 Å². The van der Waals surface area contributed by atoms with E-state index >= 15 is 0 Å². The zero-order valence-electron chi connectivity index (χ0n) is 17.5. The molecule has 0 bridgehead atoms. The number of nitrogens with one attached hydrogen (secondary N) is 2. The lowest BCUT2D eigenvalue weighted by atomic mass is 9.89. The van der Waals surface area contributed by atoms with Gasteiger partial charge in [0.2, 0.25) is 0 Å². The maximum absolute atomic E-state index is 8.88. The molecule has 2 N–H and O–H groups in total. The first-order valence-corrected chi connectivity index (χ1v) is 10.5. The molecule has 8 heteroatoms. The fourth-order valence-electron chi connectivity index (χ4n) is 3.80. The minimum Gasteiger partial charge on any atom is -0.497 e. The van der Waals surface area contributed by atoms with Crippen LogP contribution in [0, 0.1) is 17.2 Å². The van der Waals surface area contributed by atoms with E-state index in [1.165, 1.54) is 44.5 Å². The van der Waals surface area contributed by atoms with E-state index in [1.807, 2.05) is 36.4 Å². The second kappa shape index (κ2) is 9.85. The van der Waals surface area contributed by atoms with Crippen LogP contribution in [0.1, 0.15) is 37.8 Å². The summed E-state index contributed by atoms with van der Waals surface area (Å²) in [4.78, 5) is 8.23. The molecule has 8 nitrogen and oxygen atoms in total. The summed E-state index contributed by atoms with van der Waals surface area (Å²) in [7, 11) is 1.65. The van der Waals surface area contributed by atoms with Crippen molar-refractivity contribution >= 4 is 17.3 Å². The van der Waals surface area contributed by atoms with Crippen LogP contribution in [0.5, 0.6) is 5.75 Å². The lowest BCUT2D eigenvalue weighted by Gasteiger charge is -2.23. The van der Waals surface area contributed by atoms with Crippen molar-refractivity contribution in [3.8, 4) is 23.1 Å². The van der Waals surface area contributed by atoms with Gasteiger partial charge in [-0.15, -0.1) is 10.2 Å². The maximum Gasteiger partial charge on any atom is 0.158 e. The Kier molecular flexibility index (Phi) is 6.53. The van der Waals surface area contributed by atoms with Crippen LogP contribution in [0.2, 0.25) is 0 Å². The molecule has 1 saturated carbocycles. The van der Waals surface area contributed by atoms with Crippen LogP contribution < -0.4 is 15.4 Å². The van der Waals surface area contributed by atoms with E-state index in [0.29, 0.717) is 17.6 Å². The van der Waals surface area contributed by atoms with Gasteiger partial charge in [-0.05, 0) is 30.9 Å². The van der Waals surface area contributed by atoms with Gasteiger partial charge in [-0.25, -0.2) is 9.97 Å². The second-order valence-electron chi connectivity index (χ2n) is 7.63. The minimum atomic E-state index is 0.264. The molecule has 0 spiro atoms. The minimum absolute atomic E-state index is 0.264. The van der Waals surface area contributed by atoms with E-state index in [4.69, 9.17) is 10.00 Å². The number of methoxy groups -OCH3 is 1. The Hall–Kier alpha value is -3.73. The summed E-state index contributed by atoms with van der Waals surface area (Å²) in [5.74, 6) is 2.49. The van der Waals surface area contributed by atoms with E-state index < -0.39 is 0 Å². The third-order valence-corrected chi connectivity index (χ3v) is 5.47. The van der Waals surface area contributed by atoms with E-state index in [2.05, 4.69) is 30.8 Å². The summed E-state index contributed by atoms with van der Waals surface area (Å²) in [5.41, 5.74) is 2.87. The van der Waals surface area contributed by atoms with Crippen LogP contribution in [-0.2, 0) is 0 Å². The number of anilines is 3. The second-order valence-corrected chi connectivity index (χ2v) is 7.63. The molecular weight excluding hydrogens is 390 g/mol. The predicted molar refractivity (Wildman–Crippen MR) is 119 cm³/mol. The Labute approximate surface area is 181 Å². The van der Waals surface area contributed by atoms with Crippen LogP contribution in [-0.4, -0.2) is 33.8 Å². The SMILES string of the molecule is COc1cccc(-c2nnc(Nc3cnc(C#N)cn3)cc2NCC2CCCCC2)c1. The van der Waals surface area contributed by atoms with Crippen LogP contribution >= 0.6 is 0 Å². The number of aromatic nitrogens is 4. The molecule has 0 unspecified atom stereocenters. The summed E-state index contributed by atoms with van der Waals surface area (Å²) in [6.07, 6.45) is 9.37. The lowest BCUT2D eigenvalue weighted by Crippen LogP contribution is -2.18. The van der Waals surface area contributed by atoms with Crippen molar-refractivity contribution in [1.29, 1.82) is 5.26 Å². The molecule has 158 valence electrons. The normalized spacial score (nSPS) is 13.9. The number of ether oxygens (including phenoxy) is 1. The van der Waals surface area contributed by atoms with Gasteiger partial charge in [-0.1, -0.05) is 31.4 Å². The number of hydrogen-bond donors (Lipinski definition) is 2. The van der Waals surface area contributed by atoms with Crippen molar-refractivity contribution in [2.45, 2.75) is 32.1 Å².